The molecule has 0 bridgehead atoms. The molecule has 2 aromatic rings. The van der Waals surface area contributed by atoms with E-state index in [1.54, 1.807) is 11.1 Å². The molecule has 4 rings (SSSR count). The Hall–Kier alpha value is -2.22. The monoisotopic (exact) mass is 346 g/mol. The molecule has 0 saturated carbocycles. The molecule has 2 nitrogen and oxygen atoms in total. The van der Waals surface area contributed by atoms with Gasteiger partial charge in [-0.1, -0.05) is 0 Å². The quantitative estimate of drug-likeness (QED) is 0.617. The molecule has 0 saturated heterocycles. The zero-order valence-corrected chi connectivity index (χ0v) is 16.2. The Morgan fingerprint density at radius 1 is 0.538 bits per heavy atom. The minimum Gasteiger partial charge on any atom is -0.298 e. The zero-order valence-electron chi connectivity index (χ0n) is 16.2. The fraction of sp³-hybridized carbons (Fsp3) is 0.417. The molecule has 0 aliphatic heterocycles. The van der Waals surface area contributed by atoms with Crippen molar-refractivity contribution >= 4 is 12.6 Å². The second-order valence-electron chi connectivity index (χ2n) is 8.00. The molecular formula is C24H26O2. The minimum absolute atomic E-state index is 0.576. The van der Waals surface area contributed by atoms with Crippen LogP contribution in [-0.2, 0) is 25.7 Å². The van der Waals surface area contributed by atoms with Crippen LogP contribution in [-0.4, -0.2) is 12.6 Å². The van der Waals surface area contributed by atoms with E-state index in [1.165, 1.54) is 59.1 Å². The lowest BCUT2D eigenvalue weighted by molar-refractivity contribution is 0.109. The van der Waals surface area contributed by atoms with Crippen molar-refractivity contribution in [2.24, 2.45) is 0 Å². The molecule has 2 aromatic carbocycles. The Labute approximate surface area is 155 Å². The molecule has 0 fully saturated rings. The van der Waals surface area contributed by atoms with Crippen molar-refractivity contribution in [2.45, 2.75) is 66.2 Å². The SMILES string of the molecule is Cc1c(C=O)c(C=O)c(C)c2c1Cc1c(C)c3c(c(C)c1C2)CCCC3. The first-order chi connectivity index (χ1) is 12.5. The molecule has 0 heterocycles. The summed E-state index contributed by atoms with van der Waals surface area (Å²) in [5, 5.41) is 0. The van der Waals surface area contributed by atoms with Gasteiger partial charge >= 0.3 is 0 Å². The number of hydrogen-bond acceptors (Lipinski definition) is 2. The van der Waals surface area contributed by atoms with Gasteiger partial charge in [0.15, 0.2) is 12.6 Å². The highest BCUT2D eigenvalue weighted by atomic mass is 16.1. The lowest BCUT2D eigenvalue weighted by atomic mass is 9.72. The third kappa shape index (κ3) is 2.24. The van der Waals surface area contributed by atoms with Gasteiger partial charge < -0.3 is 0 Å². The van der Waals surface area contributed by atoms with Crippen LogP contribution in [0.1, 0.15) is 89.2 Å². The van der Waals surface area contributed by atoms with Gasteiger partial charge in [-0.05, 0) is 122 Å². The maximum atomic E-state index is 11.6. The smallest absolute Gasteiger partial charge is 0.151 e. The molecule has 0 spiro atoms. The molecule has 2 aliphatic carbocycles. The van der Waals surface area contributed by atoms with Crippen molar-refractivity contribution in [2.75, 3.05) is 0 Å². The van der Waals surface area contributed by atoms with Gasteiger partial charge in [-0.25, -0.2) is 0 Å². The van der Waals surface area contributed by atoms with E-state index in [4.69, 9.17) is 0 Å². The van der Waals surface area contributed by atoms with Crippen LogP contribution in [0, 0.1) is 27.7 Å². The number of aldehydes is 2. The number of benzene rings is 2. The predicted molar refractivity (Wildman–Crippen MR) is 105 cm³/mol. The van der Waals surface area contributed by atoms with Crippen molar-refractivity contribution in [3.63, 3.8) is 0 Å². The van der Waals surface area contributed by atoms with E-state index in [2.05, 4.69) is 13.8 Å². The summed E-state index contributed by atoms with van der Waals surface area (Å²) in [5.41, 5.74) is 14.7. The van der Waals surface area contributed by atoms with Crippen LogP contribution in [0.5, 0.6) is 0 Å². The Morgan fingerprint density at radius 2 is 0.885 bits per heavy atom. The van der Waals surface area contributed by atoms with Crippen LogP contribution < -0.4 is 0 Å². The van der Waals surface area contributed by atoms with Crippen LogP contribution in [0.25, 0.3) is 0 Å². The zero-order chi connectivity index (χ0) is 18.6. The third-order valence-corrected chi connectivity index (χ3v) is 6.95. The van der Waals surface area contributed by atoms with E-state index in [0.717, 1.165) is 36.5 Å². The summed E-state index contributed by atoms with van der Waals surface area (Å²) in [6, 6.07) is 0. The fourth-order valence-corrected chi connectivity index (χ4v) is 5.35. The summed E-state index contributed by atoms with van der Waals surface area (Å²) in [5.74, 6) is 0. The molecule has 0 atom stereocenters. The molecular weight excluding hydrogens is 320 g/mol. The Kier molecular flexibility index (Phi) is 4.10. The average Bonchev–Trinajstić information content (AvgIpc) is 2.67. The molecule has 0 radical (unpaired) electrons. The second kappa shape index (κ2) is 6.19. The summed E-state index contributed by atoms with van der Waals surface area (Å²) >= 11 is 0. The second-order valence-corrected chi connectivity index (χ2v) is 8.00. The lowest BCUT2D eigenvalue weighted by Crippen LogP contribution is -2.20. The molecule has 2 heteroatoms. The molecule has 134 valence electrons. The molecule has 26 heavy (non-hydrogen) atoms. The number of hydrogen-bond donors (Lipinski definition) is 0. The van der Waals surface area contributed by atoms with Crippen molar-refractivity contribution in [3.8, 4) is 0 Å². The normalized spacial score (nSPS) is 15.1. The van der Waals surface area contributed by atoms with Gasteiger partial charge in [0.05, 0.1) is 0 Å². The first-order valence-corrected chi connectivity index (χ1v) is 9.67. The first-order valence-electron chi connectivity index (χ1n) is 9.67. The van der Waals surface area contributed by atoms with Gasteiger partial charge in [0.1, 0.15) is 0 Å². The summed E-state index contributed by atoms with van der Waals surface area (Å²) in [7, 11) is 0. The van der Waals surface area contributed by atoms with Crippen molar-refractivity contribution in [1.82, 2.24) is 0 Å². The van der Waals surface area contributed by atoms with E-state index >= 15 is 0 Å². The van der Waals surface area contributed by atoms with E-state index < -0.39 is 0 Å². The number of rotatable bonds is 2. The Morgan fingerprint density at radius 3 is 1.23 bits per heavy atom. The van der Waals surface area contributed by atoms with Crippen LogP contribution in [0.4, 0.5) is 0 Å². The third-order valence-electron chi connectivity index (χ3n) is 6.95. The van der Waals surface area contributed by atoms with Crippen molar-refractivity contribution < 1.29 is 9.59 Å². The number of carbonyl (C=O) groups excluding carboxylic acids is 2. The fourth-order valence-electron chi connectivity index (χ4n) is 5.35. The minimum atomic E-state index is 0.576. The molecule has 0 N–H and O–H groups in total. The Balaban J connectivity index is 1.99. The van der Waals surface area contributed by atoms with Crippen LogP contribution in [0.3, 0.4) is 0 Å². The van der Waals surface area contributed by atoms with Crippen LogP contribution >= 0.6 is 0 Å². The van der Waals surface area contributed by atoms with E-state index in [9.17, 15) is 9.59 Å². The van der Waals surface area contributed by atoms with Gasteiger partial charge in [-0.2, -0.15) is 0 Å². The molecule has 0 amide bonds. The number of carbonyl (C=O) groups is 2. The summed E-state index contributed by atoms with van der Waals surface area (Å²) in [6.07, 6.45) is 8.46. The highest BCUT2D eigenvalue weighted by Gasteiger charge is 2.28. The molecule has 0 unspecified atom stereocenters. The van der Waals surface area contributed by atoms with Crippen molar-refractivity contribution in [1.29, 1.82) is 0 Å². The average molecular weight is 346 g/mol. The number of fused-ring (bicyclic) bond motifs is 3. The molecule has 2 aliphatic rings. The van der Waals surface area contributed by atoms with E-state index in [0.29, 0.717) is 11.1 Å². The lowest BCUT2D eigenvalue weighted by Gasteiger charge is -2.32. The maximum absolute atomic E-state index is 11.6. The standard InChI is InChI=1S/C24H26O2/c1-13-17-7-5-6-8-18(17)14(2)20-10-22-16(4)24(12-26)23(11-25)15(3)21(22)9-19(13)20/h11-12H,5-10H2,1-4H3. The maximum Gasteiger partial charge on any atom is 0.151 e. The summed E-state index contributed by atoms with van der Waals surface area (Å²) in [4.78, 5) is 23.3. The highest BCUT2D eigenvalue weighted by Crippen LogP contribution is 2.41. The first kappa shape index (κ1) is 17.2. The van der Waals surface area contributed by atoms with Crippen molar-refractivity contribution in [3.05, 3.63) is 66.8 Å². The van der Waals surface area contributed by atoms with E-state index in [1.807, 2.05) is 13.8 Å². The summed E-state index contributed by atoms with van der Waals surface area (Å²) in [6.45, 7) is 8.58. The largest absolute Gasteiger partial charge is 0.298 e. The topological polar surface area (TPSA) is 34.1 Å². The van der Waals surface area contributed by atoms with Gasteiger partial charge in [-0.15, -0.1) is 0 Å². The van der Waals surface area contributed by atoms with Gasteiger partial charge in [0, 0.05) is 11.1 Å². The highest BCUT2D eigenvalue weighted by molar-refractivity contribution is 5.94. The van der Waals surface area contributed by atoms with Gasteiger partial charge in [-0.3, -0.25) is 9.59 Å². The van der Waals surface area contributed by atoms with Gasteiger partial charge in [0.25, 0.3) is 0 Å². The van der Waals surface area contributed by atoms with Crippen LogP contribution in [0.15, 0.2) is 0 Å². The Bertz CT molecular complexity index is 886. The van der Waals surface area contributed by atoms with Crippen LogP contribution in [0.2, 0.25) is 0 Å². The van der Waals surface area contributed by atoms with E-state index in [-0.39, 0.29) is 0 Å². The molecule has 0 aromatic heterocycles. The predicted octanol–water partition coefficient (Wildman–Crippen LogP) is 4.92. The van der Waals surface area contributed by atoms with Gasteiger partial charge in [0.2, 0.25) is 0 Å². The summed E-state index contributed by atoms with van der Waals surface area (Å²) < 4.78 is 0.